The minimum Gasteiger partial charge on any atom is -0.349 e. The Kier molecular flexibility index (Phi) is 5.28. The Morgan fingerprint density at radius 2 is 2.04 bits per heavy atom. The maximum absolute atomic E-state index is 12.4. The molecule has 1 aromatic heterocycles. The third-order valence-electron chi connectivity index (χ3n) is 4.48. The minimum atomic E-state index is -0.415. The van der Waals surface area contributed by atoms with E-state index < -0.39 is 5.91 Å². The quantitative estimate of drug-likeness (QED) is 0.834. The summed E-state index contributed by atoms with van der Waals surface area (Å²) in [7, 11) is 0. The Morgan fingerprint density at radius 3 is 2.68 bits per heavy atom. The van der Waals surface area contributed by atoms with Crippen LogP contribution in [-0.2, 0) is 0 Å². The molecular formula is C19H24N4O2. The number of rotatable bonds is 7. The van der Waals surface area contributed by atoms with E-state index in [1.807, 2.05) is 30.3 Å². The number of para-hydroxylation sites is 1. The topological polar surface area (TPSA) is 67.2 Å². The summed E-state index contributed by atoms with van der Waals surface area (Å²) in [5.41, 5.74) is 1.10. The molecule has 0 aliphatic heterocycles. The first kappa shape index (κ1) is 17.4. The minimum absolute atomic E-state index is 0.0658. The third kappa shape index (κ3) is 4.14. The van der Waals surface area contributed by atoms with E-state index in [2.05, 4.69) is 22.2 Å². The fourth-order valence-corrected chi connectivity index (χ4v) is 2.97. The van der Waals surface area contributed by atoms with Gasteiger partial charge in [-0.05, 0) is 38.4 Å². The lowest BCUT2D eigenvalue weighted by Gasteiger charge is -2.19. The van der Waals surface area contributed by atoms with Crippen LogP contribution in [0.5, 0.6) is 0 Å². The molecule has 0 atom stereocenters. The first-order valence-electron chi connectivity index (χ1n) is 8.78. The SMILES string of the molecule is CCN(CCNC(=O)c1nn(-c2ccccc2)c(C)cc1=O)C1CC1. The summed E-state index contributed by atoms with van der Waals surface area (Å²) in [4.78, 5) is 27.0. The van der Waals surface area contributed by atoms with Gasteiger partial charge in [0.2, 0.25) is 5.43 Å². The van der Waals surface area contributed by atoms with Crippen molar-refractivity contribution < 1.29 is 4.79 Å². The monoisotopic (exact) mass is 340 g/mol. The van der Waals surface area contributed by atoms with Crippen molar-refractivity contribution in [3.63, 3.8) is 0 Å². The summed E-state index contributed by atoms with van der Waals surface area (Å²) in [5.74, 6) is -0.415. The van der Waals surface area contributed by atoms with Gasteiger partial charge in [0.25, 0.3) is 5.91 Å². The molecule has 0 spiro atoms. The standard InChI is InChI=1S/C19H24N4O2/c1-3-22(15-9-10-15)12-11-20-19(25)18-17(24)13-14(2)23(21-18)16-7-5-4-6-8-16/h4-8,13,15H,3,9-12H2,1-2H3,(H,20,25). The number of benzene rings is 1. The lowest BCUT2D eigenvalue weighted by atomic mass is 10.2. The summed E-state index contributed by atoms with van der Waals surface area (Å²) >= 11 is 0. The molecule has 1 aromatic carbocycles. The van der Waals surface area contributed by atoms with E-state index in [0.717, 1.165) is 18.8 Å². The van der Waals surface area contributed by atoms with Crippen molar-refractivity contribution >= 4 is 5.91 Å². The molecule has 1 aliphatic carbocycles. The number of hydrogen-bond acceptors (Lipinski definition) is 4. The summed E-state index contributed by atoms with van der Waals surface area (Å²) in [6.45, 7) is 6.22. The predicted molar refractivity (Wildman–Crippen MR) is 97.2 cm³/mol. The molecule has 1 amide bonds. The second-order valence-corrected chi connectivity index (χ2v) is 6.36. The van der Waals surface area contributed by atoms with Crippen molar-refractivity contribution in [2.24, 2.45) is 0 Å². The molecule has 1 aliphatic rings. The number of amides is 1. The van der Waals surface area contributed by atoms with Crippen molar-refractivity contribution in [1.29, 1.82) is 0 Å². The van der Waals surface area contributed by atoms with Crippen molar-refractivity contribution in [3.8, 4) is 5.69 Å². The second kappa shape index (κ2) is 7.61. The first-order chi connectivity index (χ1) is 12.1. The molecular weight excluding hydrogens is 316 g/mol. The van der Waals surface area contributed by atoms with Gasteiger partial charge in [0.1, 0.15) is 0 Å². The lowest BCUT2D eigenvalue weighted by Crippen LogP contribution is -2.38. The molecule has 1 N–H and O–H groups in total. The Bertz CT molecular complexity index is 797. The maximum Gasteiger partial charge on any atom is 0.275 e. The van der Waals surface area contributed by atoms with Crippen LogP contribution in [0.25, 0.3) is 5.69 Å². The molecule has 1 saturated carbocycles. The van der Waals surface area contributed by atoms with E-state index in [1.54, 1.807) is 11.6 Å². The van der Waals surface area contributed by atoms with Crippen molar-refractivity contribution in [1.82, 2.24) is 20.0 Å². The number of aryl methyl sites for hydroxylation is 1. The lowest BCUT2D eigenvalue weighted by molar-refractivity contribution is 0.0940. The Balaban J connectivity index is 1.72. The predicted octanol–water partition coefficient (Wildman–Crippen LogP) is 1.76. The molecule has 2 aromatic rings. The van der Waals surface area contributed by atoms with Crippen LogP contribution in [0.3, 0.4) is 0 Å². The Hall–Kier alpha value is -2.47. The van der Waals surface area contributed by atoms with Gasteiger partial charge in [0.05, 0.1) is 5.69 Å². The van der Waals surface area contributed by atoms with Crippen LogP contribution in [0.2, 0.25) is 0 Å². The number of carbonyl (C=O) groups is 1. The van der Waals surface area contributed by atoms with Gasteiger partial charge < -0.3 is 5.32 Å². The van der Waals surface area contributed by atoms with E-state index in [1.165, 1.54) is 18.9 Å². The molecule has 0 unspecified atom stereocenters. The van der Waals surface area contributed by atoms with Crippen molar-refractivity contribution in [2.75, 3.05) is 19.6 Å². The third-order valence-corrected chi connectivity index (χ3v) is 4.48. The number of carbonyl (C=O) groups excluding carboxylic acids is 1. The Morgan fingerprint density at radius 1 is 1.32 bits per heavy atom. The van der Waals surface area contributed by atoms with Crippen molar-refractivity contribution in [3.05, 3.63) is 58.0 Å². The number of aromatic nitrogens is 2. The fraction of sp³-hybridized carbons (Fsp3) is 0.421. The van der Waals surface area contributed by atoms with E-state index >= 15 is 0 Å². The van der Waals surface area contributed by atoms with Gasteiger partial charge >= 0.3 is 0 Å². The van der Waals surface area contributed by atoms with Gasteiger partial charge in [-0.15, -0.1) is 0 Å². The van der Waals surface area contributed by atoms with Crippen LogP contribution in [0.15, 0.2) is 41.2 Å². The molecule has 0 radical (unpaired) electrons. The average molecular weight is 340 g/mol. The first-order valence-corrected chi connectivity index (χ1v) is 8.78. The highest BCUT2D eigenvalue weighted by Crippen LogP contribution is 2.25. The summed E-state index contributed by atoms with van der Waals surface area (Å²) < 4.78 is 1.62. The Labute approximate surface area is 147 Å². The summed E-state index contributed by atoms with van der Waals surface area (Å²) in [5, 5.41) is 7.11. The fourth-order valence-electron chi connectivity index (χ4n) is 2.97. The number of hydrogen-bond donors (Lipinski definition) is 1. The van der Waals surface area contributed by atoms with Crippen LogP contribution in [-0.4, -0.2) is 46.3 Å². The zero-order chi connectivity index (χ0) is 17.8. The van der Waals surface area contributed by atoms with Gasteiger partial charge in [0.15, 0.2) is 5.69 Å². The van der Waals surface area contributed by atoms with E-state index in [0.29, 0.717) is 18.3 Å². The van der Waals surface area contributed by atoms with Crippen LogP contribution in [0.4, 0.5) is 0 Å². The highest BCUT2D eigenvalue weighted by molar-refractivity contribution is 5.92. The number of nitrogens with one attached hydrogen (secondary N) is 1. The van der Waals surface area contributed by atoms with Crippen LogP contribution >= 0.6 is 0 Å². The normalized spacial score (nSPS) is 13.9. The maximum atomic E-state index is 12.4. The second-order valence-electron chi connectivity index (χ2n) is 6.36. The largest absolute Gasteiger partial charge is 0.349 e. The summed E-state index contributed by atoms with van der Waals surface area (Å²) in [6, 6.07) is 11.6. The average Bonchev–Trinajstić information content (AvgIpc) is 3.44. The molecule has 6 heteroatoms. The molecule has 1 fully saturated rings. The van der Waals surface area contributed by atoms with Crippen molar-refractivity contribution in [2.45, 2.75) is 32.7 Å². The van der Waals surface area contributed by atoms with Gasteiger partial charge in [-0.3, -0.25) is 14.5 Å². The summed E-state index contributed by atoms with van der Waals surface area (Å²) in [6.07, 6.45) is 2.48. The molecule has 6 nitrogen and oxygen atoms in total. The molecule has 0 saturated heterocycles. The molecule has 3 rings (SSSR count). The van der Waals surface area contributed by atoms with Crippen LogP contribution in [0, 0.1) is 6.92 Å². The van der Waals surface area contributed by atoms with Gasteiger partial charge in [-0.2, -0.15) is 5.10 Å². The van der Waals surface area contributed by atoms with E-state index in [4.69, 9.17) is 0 Å². The van der Waals surface area contributed by atoms with Gasteiger partial charge in [0, 0.05) is 30.9 Å². The zero-order valence-corrected chi connectivity index (χ0v) is 14.7. The van der Waals surface area contributed by atoms with E-state index in [-0.39, 0.29) is 11.1 Å². The number of nitrogens with zero attached hydrogens (tertiary/aromatic N) is 3. The highest BCUT2D eigenvalue weighted by Gasteiger charge is 2.27. The number of likely N-dealkylation sites (N-methyl/N-ethyl adjacent to an activating group) is 1. The molecule has 1 heterocycles. The molecule has 25 heavy (non-hydrogen) atoms. The zero-order valence-electron chi connectivity index (χ0n) is 14.7. The molecule has 0 bridgehead atoms. The van der Waals surface area contributed by atoms with Gasteiger partial charge in [-0.1, -0.05) is 25.1 Å². The molecule has 132 valence electrons. The van der Waals surface area contributed by atoms with E-state index in [9.17, 15) is 9.59 Å². The van der Waals surface area contributed by atoms with Crippen LogP contribution < -0.4 is 10.7 Å². The van der Waals surface area contributed by atoms with Gasteiger partial charge in [-0.25, -0.2) is 4.68 Å². The van der Waals surface area contributed by atoms with Crippen LogP contribution in [0.1, 0.15) is 35.9 Å². The highest BCUT2D eigenvalue weighted by atomic mass is 16.2. The smallest absolute Gasteiger partial charge is 0.275 e.